The molecule has 2 rings (SSSR count). The molecular weight excluding hydrogens is 262 g/mol. The van der Waals surface area contributed by atoms with Gasteiger partial charge >= 0.3 is 0 Å². The van der Waals surface area contributed by atoms with Crippen molar-refractivity contribution in [3.63, 3.8) is 0 Å². The monoisotopic (exact) mass is 285 g/mol. The number of rotatable bonds is 4. The van der Waals surface area contributed by atoms with Gasteiger partial charge in [0.2, 0.25) is 5.88 Å². The highest BCUT2D eigenvalue weighted by molar-refractivity contribution is 5.44. The van der Waals surface area contributed by atoms with Crippen molar-refractivity contribution in [2.24, 2.45) is 0 Å². The first-order chi connectivity index (χ1) is 9.90. The predicted octanol–water partition coefficient (Wildman–Crippen LogP) is 4.31. The SMILES string of the molecule is CCNc1cc(Oc2cc(C)ccc2C(C)(C)C)ncn1. The third-order valence-electron chi connectivity index (χ3n) is 3.16. The number of nitrogens with one attached hydrogen (secondary N) is 1. The van der Waals surface area contributed by atoms with E-state index in [1.54, 1.807) is 0 Å². The highest BCUT2D eigenvalue weighted by atomic mass is 16.5. The molecule has 4 nitrogen and oxygen atoms in total. The Morgan fingerprint density at radius 2 is 1.90 bits per heavy atom. The molecule has 0 aliphatic heterocycles. The van der Waals surface area contributed by atoms with E-state index in [9.17, 15) is 0 Å². The molecule has 0 bridgehead atoms. The van der Waals surface area contributed by atoms with E-state index < -0.39 is 0 Å². The predicted molar refractivity (Wildman–Crippen MR) is 86.1 cm³/mol. The molecule has 0 amide bonds. The molecule has 0 fully saturated rings. The Labute approximate surface area is 126 Å². The van der Waals surface area contributed by atoms with Crippen LogP contribution in [0.4, 0.5) is 5.82 Å². The van der Waals surface area contributed by atoms with Crippen LogP contribution in [0.1, 0.15) is 38.8 Å². The molecule has 4 heteroatoms. The quantitative estimate of drug-likeness (QED) is 0.909. The minimum Gasteiger partial charge on any atom is -0.439 e. The molecule has 1 aromatic carbocycles. The average molecular weight is 285 g/mol. The highest BCUT2D eigenvalue weighted by Crippen LogP contribution is 2.34. The maximum atomic E-state index is 6.01. The fraction of sp³-hybridized carbons (Fsp3) is 0.412. The van der Waals surface area contributed by atoms with Crippen molar-refractivity contribution in [1.29, 1.82) is 0 Å². The smallest absolute Gasteiger partial charge is 0.224 e. The summed E-state index contributed by atoms with van der Waals surface area (Å²) in [7, 11) is 0. The van der Waals surface area contributed by atoms with Gasteiger partial charge in [0.1, 0.15) is 17.9 Å². The van der Waals surface area contributed by atoms with E-state index in [2.05, 4.69) is 61.2 Å². The number of benzene rings is 1. The second kappa shape index (κ2) is 6.12. The Balaban J connectivity index is 2.34. The summed E-state index contributed by atoms with van der Waals surface area (Å²) in [5.74, 6) is 2.17. The van der Waals surface area contributed by atoms with Crippen LogP contribution in [0.25, 0.3) is 0 Å². The van der Waals surface area contributed by atoms with Crippen molar-refractivity contribution < 1.29 is 4.74 Å². The van der Waals surface area contributed by atoms with E-state index >= 15 is 0 Å². The molecule has 0 spiro atoms. The zero-order chi connectivity index (χ0) is 15.5. The summed E-state index contributed by atoms with van der Waals surface area (Å²) in [5.41, 5.74) is 2.34. The molecule has 0 atom stereocenters. The Morgan fingerprint density at radius 3 is 2.57 bits per heavy atom. The van der Waals surface area contributed by atoms with E-state index in [1.165, 1.54) is 11.9 Å². The number of aryl methyl sites for hydroxylation is 1. The van der Waals surface area contributed by atoms with E-state index in [0.29, 0.717) is 5.88 Å². The molecule has 0 saturated heterocycles. The van der Waals surface area contributed by atoms with Crippen molar-refractivity contribution in [3.05, 3.63) is 41.7 Å². The third-order valence-corrected chi connectivity index (χ3v) is 3.16. The van der Waals surface area contributed by atoms with Gasteiger partial charge in [-0.15, -0.1) is 0 Å². The van der Waals surface area contributed by atoms with Crippen LogP contribution in [0, 0.1) is 6.92 Å². The van der Waals surface area contributed by atoms with E-state index in [1.807, 2.05) is 13.0 Å². The summed E-state index contributed by atoms with van der Waals surface area (Å²) >= 11 is 0. The maximum absolute atomic E-state index is 6.01. The molecule has 1 N–H and O–H groups in total. The lowest BCUT2D eigenvalue weighted by atomic mass is 9.86. The topological polar surface area (TPSA) is 47.0 Å². The van der Waals surface area contributed by atoms with Crippen molar-refractivity contribution in [2.45, 2.75) is 40.0 Å². The van der Waals surface area contributed by atoms with Crippen molar-refractivity contribution >= 4 is 5.82 Å². The standard InChI is InChI=1S/C17H23N3O/c1-6-18-15-10-16(20-11-19-15)21-14-9-12(2)7-8-13(14)17(3,4)5/h7-11H,6H2,1-5H3,(H,18,19,20). The second-order valence-electron chi connectivity index (χ2n) is 6.12. The minimum atomic E-state index is 0.0144. The Hall–Kier alpha value is -2.10. The van der Waals surface area contributed by atoms with Crippen LogP contribution < -0.4 is 10.1 Å². The number of hydrogen-bond acceptors (Lipinski definition) is 4. The van der Waals surface area contributed by atoms with Gasteiger partial charge < -0.3 is 10.1 Å². The number of ether oxygens (including phenoxy) is 1. The Morgan fingerprint density at radius 1 is 1.14 bits per heavy atom. The van der Waals surface area contributed by atoms with Gasteiger partial charge in [0.25, 0.3) is 0 Å². The fourth-order valence-electron chi connectivity index (χ4n) is 2.12. The largest absolute Gasteiger partial charge is 0.439 e. The zero-order valence-corrected chi connectivity index (χ0v) is 13.4. The molecular formula is C17H23N3O. The van der Waals surface area contributed by atoms with Crippen LogP contribution in [0.3, 0.4) is 0 Å². The number of nitrogens with zero attached hydrogens (tertiary/aromatic N) is 2. The minimum absolute atomic E-state index is 0.0144. The van der Waals surface area contributed by atoms with Gasteiger partial charge in [-0.1, -0.05) is 32.9 Å². The molecule has 0 unspecified atom stereocenters. The zero-order valence-electron chi connectivity index (χ0n) is 13.4. The number of hydrogen-bond donors (Lipinski definition) is 1. The van der Waals surface area contributed by atoms with Gasteiger partial charge in [0, 0.05) is 18.2 Å². The van der Waals surface area contributed by atoms with Gasteiger partial charge in [0.05, 0.1) is 0 Å². The molecule has 21 heavy (non-hydrogen) atoms. The first kappa shape index (κ1) is 15.3. The van der Waals surface area contributed by atoms with Crippen molar-refractivity contribution in [2.75, 3.05) is 11.9 Å². The molecule has 0 aliphatic rings. The molecule has 1 aromatic heterocycles. The molecule has 112 valence electrons. The molecule has 0 radical (unpaired) electrons. The van der Waals surface area contributed by atoms with Crippen molar-refractivity contribution in [3.8, 4) is 11.6 Å². The lowest BCUT2D eigenvalue weighted by Gasteiger charge is -2.22. The second-order valence-corrected chi connectivity index (χ2v) is 6.12. The summed E-state index contributed by atoms with van der Waals surface area (Å²) in [5, 5.41) is 3.16. The highest BCUT2D eigenvalue weighted by Gasteiger charge is 2.19. The summed E-state index contributed by atoms with van der Waals surface area (Å²) in [6.07, 6.45) is 1.51. The molecule has 1 heterocycles. The lowest BCUT2D eigenvalue weighted by molar-refractivity contribution is 0.438. The summed E-state index contributed by atoms with van der Waals surface area (Å²) < 4.78 is 6.01. The van der Waals surface area contributed by atoms with Crippen LogP contribution in [0.5, 0.6) is 11.6 Å². The molecule has 0 saturated carbocycles. The Bertz CT molecular complexity index is 618. The normalized spacial score (nSPS) is 11.3. The van der Waals surface area contributed by atoms with Crippen LogP contribution in [0.2, 0.25) is 0 Å². The van der Waals surface area contributed by atoms with Gasteiger partial charge in [-0.25, -0.2) is 9.97 Å². The summed E-state index contributed by atoms with van der Waals surface area (Å²) in [6, 6.07) is 8.10. The van der Waals surface area contributed by atoms with Gasteiger partial charge in [-0.05, 0) is 30.9 Å². The van der Waals surface area contributed by atoms with Crippen LogP contribution in [0.15, 0.2) is 30.6 Å². The average Bonchev–Trinajstić information content (AvgIpc) is 2.38. The molecule has 2 aromatic rings. The third kappa shape index (κ3) is 3.94. The van der Waals surface area contributed by atoms with E-state index in [4.69, 9.17) is 4.74 Å². The first-order valence-corrected chi connectivity index (χ1v) is 7.25. The number of aromatic nitrogens is 2. The molecule has 0 aliphatic carbocycles. The van der Waals surface area contributed by atoms with Gasteiger partial charge in [0.15, 0.2) is 0 Å². The van der Waals surface area contributed by atoms with Gasteiger partial charge in [-0.2, -0.15) is 0 Å². The van der Waals surface area contributed by atoms with Gasteiger partial charge in [-0.3, -0.25) is 0 Å². The summed E-state index contributed by atoms with van der Waals surface area (Å²) in [6.45, 7) is 11.4. The van der Waals surface area contributed by atoms with Crippen LogP contribution in [-0.2, 0) is 5.41 Å². The number of anilines is 1. The summed E-state index contributed by atoms with van der Waals surface area (Å²) in [4.78, 5) is 8.35. The first-order valence-electron chi connectivity index (χ1n) is 7.25. The van der Waals surface area contributed by atoms with Crippen molar-refractivity contribution in [1.82, 2.24) is 9.97 Å². The Kier molecular flexibility index (Phi) is 4.46. The fourth-order valence-corrected chi connectivity index (χ4v) is 2.12. The van der Waals surface area contributed by atoms with E-state index in [0.717, 1.165) is 23.7 Å². The van der Waals surface area contributed by atoms with Crippen LogP contribution in [-0.4, -0.2) is 16.5 Å². The van der Waals surface area contributed by atoms with E-state index in [-0.39, 0.29) is 5.41 Å². The lowest BCUT2D eigenvalue weighted by Crippen LogP contribution is -2.12. The maximum Gasteiger partial charge on any atom is 0.224 e. The van der Waals surface area contributed by atoms with Crippen LogP contribution >= 0.6 is 0 Å².